The number of anilines is 1. The topological polar surface area (TPSA) is 75.3 Å². The first-order valence-electron chi connectivity index (χ1n) is 8.01. The highest BCUT2D eigenvalue weighted by Crippen LogP contribution is 2.21. The minimum absolute atomic E-state index is 0.198. The summed E-state index contributed by atoms with van der Waals surface area (Å²) in [4.78, 5) is 12.4. The van der Waals surface area contributed by atoms with Crippen LogP contribution in [0, 0.1) is 13.8 Å². The minimum Gasteiger partial charge on any atom is -0.347 e. The highest BCUT2D eigenvalue weighted by Gasteiger charge is 2.18. The van der Waals surface area contributed by atoms with Crippen molar-refractivity contribution in [2.24, 2.45) is 0 Å². The lowest BCUT2D eigenvalue weighted by Gasteiger charge is -2.20. The summed E-state index contributed by atoms with van der Waals surface area (Å²) in [6.45, 7) is 9.31. The van der Waals surface area contributed by atoms with Gasteiger partial charge in [0, 0.05) is 16.8 Å². The van der Waals surface area contributed by atoms with Crippen LogP contribution in [-0.2, 0) is 10.0 Å². The standard InChI is InChI=1S/C19H24N2O3S/c1-13-6-7-14(2)17(12-13)25(23,24)21-16-10-8-15(9-11-16)18(22)20-19(3,4)5/h6-12,21H,1-5H3,(H,20,22). The van der Waals surface area contributed by atoms with Crippen LogP contribution in [-0.4, -0.2) is 19.9 Å². The predicted octanol–water partition coefficient (Wildman–Crippen LogP) is 3.63. The minimum atomic E-state index is -3.68. The van der Waals surface area contributed by atoms with Gasteiger partial charge in [0.05, 0.1) is 4.90 Å². The summed E-state index contributed by atoms with van der Waals surface area (Å²) in [5, 5.41) is 2.87. The van der Waals surface area contributed by atoms with E-state index in [1.54, 1.807) is 43.3 Å². The smallest absolute Gasteiger partial charge is 0.262 e. The number of carbonyl (C=O) groups is 1. The predicted molar refractivity (Wildman–Crippen MR) is 100 cm³/mol. The maximum atomic E-state index is 12.6. The molecular weight excluding hydrogens is 336 g/mol. The molecule has 2 N–H and O–H groups in total. The van der Waals surface area contributed by atoms with E-state index in [1.807, 2.05) is 33.8 Å². The quantitative estimate of drug-likeness (QED) is 0.874. The lowest BCUT2D eigenvalue weighted by molar-refractivity contribution is 0.0919. The summed E-state index contributed by atoms with van der Waals surface area (Å²) in [7, 11) is -3.68. The normalized spacial score (nSPS) is 11.9. The molecule has 2 aromatic carbocycles. The van der Waals surface area contributed by atoms with Crippen LogP contribution in [0.1, 0.15) is 42.3 Å². The van der Waals surface area contributed by atoms with Gasteiger partial charge in [0.2, 0.25) is 0 Å². The summed E-state index contributed by atoms with van der Waals surface area (Å²) in [6.07, 6.45) is 0. The van der Waals surface area contributed by atoms with E-state index in [0.717, 1.165) is 5.56 Å². The number of rotatable bonds is 4. The molecule has 0 aliphatic heterocycles. The van der Waals surface area contributed by atoms with Gasteiger partial charge >= 0.3 is 0 Å². The second kappa shape index (κ2) is 6.88. The summed E-state index contributed by atoms with van der Waals surface area (Å²) in [5.74, 6) is -0.198. The molecule has 0 unspecified atom stereocenters. The van der Waals surface area contributed by atoms with Crippen molar-refractivity contribution in [3.63, 3.8) is 0 Å². The largest absolute Gasteiger partial charge is 0.347 e. The van der Waals surface area contributed by atoms with Gasteiger partial charge in [-0.05, 0) is 76.1 Å². The highest BCUT2D eigenvalue weighted by molar-refractivity contribution is 7.92. The van der Waals surface area contributed by atoms with Crippen LogP contribution in [0.3, 0.4) is 0 Å². The monoisotopic (exact) mass is 360 g/mol. The van der Waals surface area contributed by atoms with Gasteiger partial charge in [-0.25, -0.2) is 8.42 Å². The van der Waals surface area contributed by atoms with Crippen LogP contribution in [0.5, 0.6) is 0 Å². The highest BCUT2D eigenvalue weighted by atomic mass is 32.2. The molecule has 1 amide bonds. The zero-order chi connectivity index (χ0) is 18.8. The van der Waals surface area contributed by atoms with E-state index in [0.29, 0.717) is 16.8 Å². The molecule has 0 spiro atoms. The number of carbonyl (C=O) groups excluding carboxylic acids is 1. The van der Waals surface area contributed by atoms with Crippen molar-refractivity contribution in [1.29, 1.82) is 0 Å². The van der Waals surface area contributed by atoms with Crippen molar-refractivity contribution in [1.82, 2.24) is 5.32 Å². The molecular formula is C19H24N2O3S. The van der Waals surface area contributed by atoms with Crippen molar-refractivity contribution in [3.8, 4) is 0 Å². The summed E-state index contributed by atoms with van der Waals surface area (Å²) < 4.78 is 27.7. The Morgan fingerprint density at radius 1 is 0.960 bits per heavy atom. The van der Waals surface area contributed by atoms with Crippen LogP contribution >= 0.6 is 0 Å². The fraction of sp³-hybridized carbons (Fsp3) is 0.316. The third-order valence-corrected chi connectivity index (χ3v) is 5.04. The molecule has 0 aliphatic rings. The van der Waals surface area contributed by atoms with Crippen LogP contribution in [0.2, 0.25) is 0 Å². The van der Waals surface area contributed by atoms with Crippen molar-refractivity contribution >= 4 is 21.6 Å². The summed E-state index contributed by atoms with van der Waals surface area (Å²) in [6, 6.07) is 11.7. The third kappa shape index (κ3) is 5.06. The van der Waals surface area contributed by atoms with E-state index < -0.39 is 10.0 Å². The van der Waals surface area contributed by atoms with Crippen molar-refractivity contribution in [2.75, 3.05) is 4.72 Å². The van der Waals surface area contributed by atoms with Crippen molar-refractivity contribution < 1.29 is 13.2 Å². The van der Waals surface area contributed by atoms with Gasteiger partial charge in [0.1, 0.15) is 0 Å². The molecule has 0 atom stereocenters. The number of aryl methyl sites for hydroxylation is 2. The molecule has 0 saturated heterocycles. The first kappa shape index (κ1) is 19.0. The van der Waals surface area contributed by atoms with Crippen molar-refractivity contribution in [3.05, 3.63) is 59.2 Å². The maximum Gasteiger partial charge on any atom is 0.262 e. The first-order valence-corrected chi connectivity index (χ1v) is 9.49. The molecule has 0 saturated carbocycles. The average molecular weight is 360 g/mol. The fourth-order valence-corrected chi connectivity index (χ4v) is 3.70. The van der Waals surface area contributed by atoms with E-state index in [9.17, 15) is 13.2 Å². The molecule has 0 heterocycles. The molecule has 0 fully saturated rings. The van der Waals surface area contributed by atoms with E-state index in [-0.39, 0.29) is 16.3 Å². The molecule has 0 aliphatic carbocycles. The van der Waals surface area contributed by atoms with Gasteiger partial charge in [0.15, 0.2) is 0 Å². The lowest BCUT2D eigenvalue weighted by Crippen LogP contribution is -2.40. The van der Waals surface area contributed by atoms with Crippen molar-refractivity contribution in [2.45, 2.75) is 45.1 Å². The molecule has 0 radical (unpaired) electrons. The number of sulfonamides is 1. The number of hydrogen-bond donors (Lipinski definition) is 2. The Kier molecular flexibility index (Phi) is 5.23. The van der Waals surface area contributed by atoms with Crippen LogP contribution < -0.4 is 10.0 Å². The SMILES string of the molecule is Cc1ccc(C)c(S(=O)(=O)Nc2ccc(C(=O)NC(C)(C)C)cc2)c1. The van der Waals surface area contributed by atoms with Gasteiger partial charge in [-0.15, -0.1) is 0 Å². The van der Waals surface area contributed by atoms with Gasteiger partial charge < -0.3 is 5.32 Å². The molecule has 0 bridgehead atoms. The average Bonchev–Trinajstić information content (AvgIpc) is 2.48. The van der Waals surface area contributed by atoms with Gasteiger partial charge in [-0.2, -0.15) is 0 Å². The van der Waals surface area contributed by atoms with Crippen LogP contribution in [0.4, 0.5) is 5.69 Å². The Labute approximate surface area is 149 Å². The zero-order valence-corrected chi connectivity index (χ0v) is 16.0. The Bertz CT molecular complexity index is 880. The fourth-order valence-electron chi connectivity index (χ4n) is 2.31. The number of amides is 1. The Balaban J connectivity index is 2.21. The molecule has 25 heavy (non-hydrogen) atoms. The number of nitrogens with one attached hydrogen (secondary N) is 2. The molecule has 2 rings (SSSR count). The van der Waals surface area contributed by atoms with E-state index in [4.69, 9.17) is 0 Å². The molecule has 5 nitrogen and oxygen atoms in total. The van der Waals surface area contributed by atoms with Gasteiger partial charge in [-0.1, -0.05) is 12.1 Å². The molecule has 2 aromatic rings. The Morgan fingerprint density at radius 2 is 1.56 bits per heavy atom. The summed E-state index contributed by atoms with van der Waals surface area (Å²) in [5.41, 5.74) is 2.11. The Morgan fingerprint density at radius 3 is 2.12 bits per heavy atom. The van der Waals surface area contributed by atoms with Gasteiger partial charge in [0.25, 0.3) is 15.9 Å². The van der Waals surface area contributed by atoms with Crippen LogP contribution in [0.15, 0.2) is 47.4 Å². The molecule has 134 valence electrons. The number of hydrogen-bond acceptors (Lipinski definition) is 3. The Hall–Kier alpha value is -2.34. The van der Waals surface area contributed by atoms with E-state index in [1.165, 1.54) is 0 Å². The van der Waals surface area contributed by atoms with Crippen LogP contribution in [0.25, 0.3) is 0 Å². The molecule has 6 heteroatoms. The zero-order valence-electron chi connectivity index (χ0n) is 15.2. The van der Waals surface area contributed by atoms with E-state index >= 15 is 0 Å². The van der Waals surface area contributed by atoms with Gasteiger partial charge in [-0.3, -0.25) is 9.52 Å². The second-order valence-corrected chi connectivity index (χ2v) is 8.81. The first-order chi connectivity index (χ1) is 11.5. The van der Waals surface area contributed by atoms with E-state index in [2.05, 4.69) is 10.0 Å². The maximum absolute atomic E-state index is 12.6. The second-order valence-electron chi connectivity index (χ2n) is 7.16. The lowest BCUT2D eigenvalue weighted by atomic mass is 10.1. The third-order valence-electron chi connectivity index (χ3n) is 3.52. The number of benzene rings is 2. The summed E-state index contributed by atoms with van der Waals surface area (Å²) >= 11 is 0. The molecule has 0 aromatic heterocycles.